The van der Waals surface area contributed by atoms with E-state index in [1.165, 1.54) is 18.5 Å². The zero-order valence-corrected chi connectivity index (χ0v) is 14.1. The third-order valence-electron chi connectivity index (χ3n) is 4.50. The van der Waals surface area contributed by atoms with Crippen LogP contribution in [0.15, 0.2) is 65.7 Å². The second-order valence-corrected chi connectivity index (χ2v) is 6.41. The predicted octanol–water partition coefficient (Wildman–Crippen LogP) is 2.98. The topological polar surface area (TPSA) is 53.6 Å². The van der Waals surface area contributed by atoms with Crippen molar-refractivity contribution in [1.82, 2.24) is 4.90 Å². The van der Waals surface area contributed by atoms with Gasteiger partial charge in [0.1, 0.15) is 0 Å². The molecule has 0 aliphatic carbocycles. The summed E-state index contributed by atoms with van der Waals surface area (Å²) in [5, 5.41) is 3.14. The first-order valence-electron chi connectivity index (χ1n) is 8.68. The molecule has 1 unspecified atom stereocenters. The van der Waals surface area contributed by atoms with Gasteiger partial charge in [-0.15, -0.1) is 0 Å². The maximum absolute atomic E-state index is 5.98. The molecule has 3 N–H and O–H groups in total. The molecule has 4 heteroatoms. The Balaban J connectivity index is 1.40. The number of nitrogens with two attached hydrogens (primary N) is 1. The van der Waals surface area contributed by atoms with E-state index in [1.54, 1.807) is 0 Å². The number of likely N-dealkylation sites (tertiary alicyclic amines) is 1. The minimum Gasteiger partial charge on any atom is -0.370 e. The lowest BCUT2D eigenvalue weighted by atomic mass is 10.1. The van der Waals surface area contributed by atoms with Crippen LogP contribution in [-0.2, 0) is 6.42 Å². The smallest absolute Gasteiger partial charge is 0.193 e. The molecule has 0 bridgehead atoms. The molecule has 1 saturated heterocycles. The fraction of sp³-hybridized carbons (Fsp3) is 0.350. The predicted molar refractivity (Wildman–Crippen MR) is 101 cm³/mol. The second kappa shape index (κ2) is 8.50. The molecule has 2 aromatic rings. The van der Waals surface area contributed by atoms with Gasteiger partial charge in [-0.1, -0.05) is 48.5 Å². The van der Waals surface area contributed by atoms with Crippen LogP contribution < -0.4 is 11.1 Å². The van der Waals surface area contributed by atoms with Crippen molar-refractivity contribution in [3.63, 3.8) is 0 Å². The lowest BCUT2D eigenvalue weighted by Crippen LogP contribution is -2.26. The lowest BCUT2D eigenvalue weighted by Gasteiger charge is -2.15. The van der Waals surface area contributed by atoms with Gasteiger partial charge in [0, 0.05) is 25.3 Å². The lowest BCUT2D eigenvalue weighted by molar-refractivity contribution is 0.330. The molecule has 126 valence electrons. The second-order valence-electron chi connectivity index (χ2n) is 6.41. The fourth-order valence-electron chi connectivity index (χ4n) is 3.13. The van der Waals surface area contributed by atoms with Gasteiger partial charge in [0.05, 0.1) is 0 Å². The van der Waals surface area contributed by atoms with Gasteiger partial charge < -0.3 is 16.0 Å². The Morgan fingerprint density at radius 1 is 1.08 bits per heavy atom. The zero-order chi connectivity index (χ0) is 16.6. The molecule has 1 fully saturated rings. The average molecular weight is 322 g/mol. The Kier molecular flexibility index (Phi) is 5.85. The molecule has 3 rings (SSSR count). The van der Waals surface area contributed by atoms with Gasteiger partial charge in [-0.3, -0.25) is 4.99 Å². The largest absolute Gasteiger partial charge is 0.370 e. The van der Waals surface area contributed by atoms with Crippen molar-refractivity contribution >= 4 is 11.6 Å². The molecular weight excluding hydrogens is 296 g/mol. The summed E-state index contributed by atoms with van der Waals surface area (Å²) < 4.78 is 0. The summed E-state index contributed by atoms with van der Waals surface area (Å²) >= 11 is 0. The number of rotatable bonds is 6. The number of hydrogen-bond donors (Lipinski definition) is 2. The summed E-state index contributed by atoms with van der Waals surface area (Å²) in [4.78, 5) is 7.05. The summed E-state index contributed by atoms with van der Waals surface area (Å²) in [5.41, 5.74) is 8.37. The van der Waals surface area contributed by atoms with Crippen molar-refractivity contribution in [2.45, 2.75) is 12.8 Å². The van der Waals surface area contributed by atoms with Crippen molar-refractivity contribution in [2.75, 3.05) is 31.5 Å². The van der Waals surface area contributed by atoms with E-state index in [-0.39, 0.29) is 0 Å². The maximum Gasteiger partial charge on any atom is 0.193 e. The summed E-state index contributed by atoms with van der Waals surface area (Å²) in [7, 11) is 0. The number of nitrogens with zero attached hydrogens (tertiary/aromatic N) is 2. The number of guanidine groups is 1. The molecule has 0 amide bonds. The summed E-state index contributed by atoms with van der Waals surface area (Å²) in [5.74, 6) is 1.11. The van der Waals surface area contributed by atoms with Crippen LogP contribution in [0.1, 0.15) is 12.0 Å². The van der Waals surface area contributed by atoms with Crippen LogP contribution in [0.3, 0.4) is 0 Å². The van der Waals surface area contributed by atoms with Crippen LogP contribution in [-0.4, -0.2) is 37.0 Å². The Bertz CT molecular complexity index is 639. The number of nitrogens with one attached hydrogen (secondary N) is 1. The summed E-state index contributed by atoms with van der Waals surface area (Å²) in [6.45, 7) is 4.21. The van der Waals surface area contributed by atoms with Gasteiger partial charge in [0.2, 0.25) is 0 Å². The third kappa shape index (κ3) is 5.10. The molecule has 1 atom stereocenters. The van der Waals surface area contributed by atoms with E-state index in [0.717, 1.165) is 31.7 Å². The highest BCUT2D eigenvalue weighted by molar-refractivity contribution is 5.92. The van der Waals surface area contributed by atoms with Gasteiger partial charge in [-0.2, -0.15) is 0 Å². The van der Waals surface area contributed by atoms with Gasteiger partial charge in [-0.05, 0) is 43.0 Å². The Labute approximate surface area is 144 Å². The highest BCUT2D eigenvalue weighted by Crippen LogP contribution is 2.17. The first-order valence-corrected chi connectivity index (χ1v) is 8.68. The van der Waals surface area contributed by atoms with Crippen LogP contribution in [0.4, 0.5) is 5.69 Å². The molecule has 2 aromatic carbocycles. The standard InChI is InChI=1S/C20H26N4/c21-20(23-19-9-5-2-6-10-19)22-15-18-12-14-24(16-18)13-11-17-7-3-1-4-8-17/h1-10,18H,11-16H2,(H3,21,22,23). The molecule has 0 radical (unpaired) electrons. The molecular formula is C20H26N4. The van der Waals surface area contributed by atoms with Gasteiger partial charge in [0.15, 0.2) is 5.96 Å². The van der Waals surface area contributed by atoms with Crippen LogP contribution in [0.25, 0.3) is 0 Å². The maximum atomic E-state index is 5.98. The van der Waals surface area contributed by atoms with E-state index in [4.69, 9.17) is 5.73 Å². The third-order valence-corrected chi connectivity index (χ3v) is 4.50. The first kappa shape index (κ1) is 16.5. The highest BCUT2D eigenvalue weighted by Gasteiger charge is 2.21. The van der Waals surface area contributed by atoms with Crippen LogP contribution >= 0.6 is 0 Å². The summed E-state index contributed by atoms with van der Waals surface area (Å²) in [6, 6.07) is 20.6. The Hall–Kier alpha value is -2.33. The molecule has 4 nitrogen and oxygen atoms in total. The fourth-order valence-corrected chi connectivity index (χ4v) is 3.13. The number of hydrogen-bond acceptors (Lipinski definition) is 2. The molecule has 0 aromatic heterocycles. The average Bonchev–Trinajstić information content (AvgIpc) is 3.08. The molecule has 1 aliphatic heterocycles. The number of benzene rings is 2. The first-order chi connectivity index (χ1) is 11.8. The van der Waals surface area contributed by atoms with Crippen molar-refractivity contribution in [2.24, 2.45) is 16.6 Å². The summed E-state index contributed by atoms with van der Waals surface area (Å²) in [6.07, 6.45) is 2.32. The van der Waals surface area contributed by atoms with Crippen LogP contribution in [0.5, 0.6) is 0 Å². The highest BCUT2D eigenvalue weighted by atomic mass is 15.2. The monoisotopic (exact) mass is 322 g/mol. The van der Waals surface area contributed by atoms with E-state index in [0.29, 0.717) is 11.9 Å². The van der Waals surface area contributed by atoms with Gasteiger partial charge >= 0.3 is 0 Å². The van der Waals surface area contributed by atoms with Crippen molar-refractivity contribution < 1.29 is 0 Å². The SMILES string of the molecule is NC(=NCC1CCN(CCc2ccccc2)C1)Nc1ccccc1. The molecule has 0 spiro atoms. The van der Waals surface area contributed by atoms with Crippen molar-refractivity contribution in [3.05, 3.63) is 66.2 Å². The van der Waals surface area contributed by atoms with E-state index in [9.17, 15) is 0 Å². The Morgan fingerprint density at radius 3 is 2.54 bits per heavy atom. The van der Waals surface area contributed by atoms with Crippen LogP contribution in [0, 0.1) is 5.92 Å². The van der Waals surface area contributed by atoms with Crippen molar-refractivity contribution in [3.8, 4) is 0 Å². The number of para-hydroxylation sites is 1. The number of anilines is 1. The zero-order valence-electron chi connectivity index (χ0n) is 14.1. The van der Waals surface area contributed by atoms with Crippen molar-refractivity contribution in [1.29, 1.82) is 0 Å². The molecule has 0 saturated carbocycles. The quantitative estimate of drug-likeness (QED) is 0.635. The van der Waals surface area contributed by atoms with Gasteiger partial charge in [0.25, 0.3) is 0 Å². The minimum absolute atomic E-state index is 0.504. The molecule has 1 heterocycles. The molecule has 24 heavy (non-hydrogen) atoms. The minimum atomic E-state index is 0.504. The Morgan fingerprint density at radius 2 is 1.79 bits per heavy atom. The normalized spacial score (nSPS) is 18.7. The van der Waals surface area contributed by atoms with E-state index in [1.807, 2.05) is 30.3 Å². The van der Waals surface area contributed by atoms with Gasteiger partial charge in [-0.25, -0.2) is 0 Å². The van der Waals surface area contributed by atoms with E-state index in [2.05, 4.69) is 45.5 Å². The van der Waals surface area contributed by atoms with E-state index >= 15 is 0 Å². The van der Waals surface area contributed by atoms with E-state index < -0.39 is 0 Å². The van der Waals surface area contributed by atoms with Crippen LogP contribution in [0.2, 0.25) is 0 Å². The molecule has 1 aliphatic rings. The number of aliphatic imine (C=N–C) groups is 1.